The van der Waals surface area contributed by atoms with Gasteiger partial charge in [-0.25, -0.2) is 0 Å². The second kappa shape index (κ2) is 10.1. The lowest BCUT2D eigenvalue weighted by molar-refractivity contribution is 0.302. The molecular weight excluding hydrogens is 312 g/mol. The van der Waals surface area contributed by atoms with E-state index in [9.17, 15) is 0 Å². The van der Waals surface area contributed by atoms with Crippen LogP contribution in [-0.4, -0.2) is 0 Å². The standard InChI is InChI=1S/C26H38/c1-3-5-6-7-8-10-21-11-14-23(15-12-21)25-18-17-24-19-22(9-4-2)13-16-26(24)20-25/h13,16-21,23H,3-12,14-15H2,1-2H3. The predicted octanol–water partition coefficient (Wildman–Crippen LogP) is 8.43. The Morgan fingerprint density at radius 1 is 0.731 bits per heavy atom. The minimum atomic E-state index is 0.797. The van der Waals surface area contributed by atoms with Crippen LogP contribution in [0.15, 0.2) is 36.4 Å². The highest BCUT2D eigenvalue weighted by Crippen LogP contribution is 2.38. The van der Waals surface area contributed by atoms with Gasteiger partial charge in [-0.3, -0.25) is 0 Å². The lowest BCUT2D eigenvalue weighted by atomic mass is 9.76. The number of aryl methyl sites for hydroxylation is 1. The van der Waals surface area contributed by atoms with E-state index in [2.05, 4.69) is 50.2 Å². The first-order chi connectivity index (χ1) is 12.8. The lowest BCUT2D eigenvalue weighted by Gasteiger charge is -2.29. The topological polar surface area (TPSA) is 0 Å². The van der Waals surface area contributed by atoms with E-state index in [4.69, 9.17) is 0 Å². The molecule has 142 valence electrons. The van der Waals surface area contributed by atoms with Crippen molar-refractivity contribution >= 4 is 10.8 Å². The van der Waals surface area contributed by atoms with Gasteiger partial charge in [0.15, 0.2) is 0 Å². The van der Waals surface area contributed by atoms with E-state index in [1.54, 1.807) is 5.56 Å². The van der Waals surface area contributed by atoms with Gasteiger partial charge in [-0.2, -0.15) is 0 Å². The number of hydrogen-bond acceptors (Lipinski definition) is 0. The monoisotopic (exact) mass is 350 g/mol. The molecule has 0 heteroatoms. The number of unbranched alkanes of at least 4 members (excludes halogenated alkanes) is 4. The summed E-state index contributed by atoms with van der Waals surface area (Å²) in [6.45, 7) is 4.56. The third-order valence-corrected chi connectivity index (χ3v) is 6.50. The first kappa shape index (κ1) is 19.5. The highest BCUT2D eigenvalue weighted by atomic mass is 14.3. The second-order valence-electron chi connectivity index (χ2n) is 8.61. The Labute approximate surface area is 161 Å². The average molecular weight is 351 g/mol. The number of rotatable bonds is 9. The Hall–Kier alpha value is -1.30. The van der Waals surface area contributed by atoms with E-state index in [1.807, 2.05) is 0 Å². The van der Waals surface area contributed by atoms with Gasteiger partial charge in [0.25, 0.3) is 0 Å². The molecule has 0 aromatic heterocycles. The van der Waals surface area contributed by atoms with Crippen LogP contribution >= 0.6 is 0 Å². The Morgan fingerprint density at radius 2 is 1.46 bits per heavy atom. The summed E-state index contributed by atoms with van der Waals surface area (Å²) in [6, 6.07) is 14.3. The molecule has 0 saturated heterocycles. The van der Waals surface area contributed by atoms with E-state index in [0.29, 0.717) is 0 Å². The van der Waals surface area contributed by atoms with Crippen molar-refractivity contribution < 1.29 is 0 Å². The van der Waals surface area contributed by atoms with Crippen molar-refractivity contribution in [2.45, 2.75) is 96.8 Å². The van der Waals surface area contributed by atoms with Gasteiger partial charge in [-0.15, -0.1) is 0 Å². The van der Waals surface area contributed by atoms with E-state index < -0.39 is 0 Å². The molecule has 0 N–H and O–H groups in total. The normalized spacial score (nSPS) is 20.5. The van der Waals surface area contributed by atoms with Crippen molar-refractivity contribution in [3.05, 3.63) is 47.5 Å². The molecule has 0 nitrogen and oxygen atoms in total. The summed E-state index contributed by atoms with van der Waals surface area (Å²) >= 11 is 0. The Bertz CT molecular complexity index is 661. The molecule has 0 spiro atoms. The molecule has 1 aliphatic rings. The van der Waals surface area contributed by atoms with E-state index >= 15 is 0 Å². The summed E-state index contributed by atoms with van der Waals surface area (Å²) in [4.78, 5) is 0. The van der Waals surface area contributed by atoms with E-state index in [-0.39, 0.29) is 0 Å². The highest BCUT2D eigenvalue weighted by Gasteiger charge is 2.22. The van der Waals surface area contributed by atoms with Gasteiger partial charge in [0.05, 0.1) is 0 Å². The van der Waals surface area contributed by atoms with E-state index in [0.717, 1.165) is 11.8 Å². The zero-order chi connectivity index (χ0) is 18.2. The molecule has 0 radical (unpaired) electrons. The van der Waals surface area contributed by atoms with Crippen LogP contribution in [0.3, 0.4) is 0 Å². The van der Waals surface area contributed by atoms with Gasteiger partial charge in [0, 0.05) is 0 Å². The highest BCUT2D eigenvalue weighted by molar-refractivity contribution is 5.84. The fourth-order valence-electron chi connectivity index (χ4n) is 4.83. The Kier molecular flexibility index (Phi) is 7.59. The van der Waals surface area contributed by atoms with Crippen LogP contribution < -0.4 is 0 Å². The van der Waals surface area contributed by atoms with Crippen LogP contribution in [-0.2, 0) is 6.42 Å². The minimum Gasteiger partial charge on any atom is -0.0654 e. The summed E-state index contributed by atoms with van der Waals surface area (Å²) in [5.74, 6) is 1.80. The quantitative estimate of drug-likeness (QED) is 0.398. The van der Waals surface area contributed by atoms with Crippen LogP contribution in [0.25, 0.3) is 10.8 Å². The molecule has 0 heterocycles. The third kappa shape index (κ3) is 5.35. The summed E-state index contributed by atoms with van der Waals surface area (Å²) < 4.78 is 0. The van der Waals surface area contributed by atoms with Crippen molar-refractivity contribution in [1.29, 1.82) is 0 Å². The first-order valence-corrected chi connectivity index (χ1v) is 11.3. The Morgan fingerprint density at radius 3 is 2.23 bits per heavy atom. The fourth-order valence-corrected chi connectivity index (χ4v) is 4.83. The molecular formula is C26H38. The van der Waals surface area contributed by atoms with Gasteiger partial charge >= 0.3 is 0 Å². The maximum absolute atomic E-state index is 2.47. The van der Waals surface area contributed by atoms with Gasteiger partial charge in [-0.1, -0.05) is 95.2 Å². The second-order valence-corrected chi connectivity index (χ2v) is 8.61. The summed E-state index contributed by atoms with van der Waals surface area (Å²) in [7, 11) is 0. The summed E-state index contributed by atoms with van der Waals surface area (Å²) in [5, 5.41) is 2.85. The zero-order valence-electron chi connectivity index (χ0n) is 17.1. The van der Waals surface area contributed by atoms with Crippen molar-refractivity contribution in [1.82, 2.24) is 0 Å². The van der Waals surface area contributed by atoms with Crippen LogP contribution in [0.4, 0.5) is 0 Å². The van der Waals surface area contributed by atoms with Crippen molar-refractivity contribution in [2.75, 3.05) is 0 Å². The molecule has 1 saturated carbocycles. The Balaban J connectivity index is 1.51. The molecule has 26 heavy (non-hydrogen) atoms. The molecule has 2 aromatic rings. The van der Waals surface area contributed by atoms with Crippen LogP contribution in [0.2, 0.25) is 0 Å². The molecule has 0 bridgehead atoms. The van der Waals surface area contributed by atoms with Gasteiger partial charge < -0.3 is 0 Å². The predicted molar refractivity (Wildman–Crippen MR) is 116 cm³/mol. The molecule has 1 aliphatic carbocycles. The van der Waals surface area contributed by atoms with E-state index in [1.165, 1.54) is 93.4 Å². The average Bonchev–Trinajstić information content (AvgIpc) is 2.68. The smallest absolute Gasteiger partial charge is 0.0162 e. The number of hydrogen-bond donors (Lipinski definition) is 0. The summed E-state index contributed by atoms with van der Waals surface area (Å²) in [6.07, 6.45) is 16.8. The molecule has 2 aromatic carbocycles. The third-order valence-electron chi connectivity index (χ3n) is 6.50. The number of benzene rings is 2. The molecule has 1 fully saturated rings. The van der Waals surface area contributed by atoms with Crippen LogP contribution in [0.5, 0.6) is 0 Å². The summed E-state index contributed by atoms with van der Waals surface area (Å²) in [5.41, 5.74) is 3.06. The molecule has 0 aliphatic heterocycles. The molecule has 0 unspecified atom stereocenters. The molecule has 0 amide bonds. The lowest BCUT2D eigenvalue weighted by Crippen LogP contribution is -2.13. The first-order valence-electron chi connectivity index (χ1n) is 11.3. The number of fused-ring (bicyclic) bond motifs is 1. The van der Waals surface area contributed by atoms with Gasteiger partial charge in [0.1, 0.15) is 0 Å². The molecule has 3 rings (SSSR count). The maximum atomic E-state index is 2.47. The zero-order valence-corrected chi connectivity index (χ0v) is 17.1. The fraction of sp³-hybridized carbons (Fsp3) is 0.615. The van der Waals surface area contributed by atoms with Crippen LogP contribution in [0.1, 0.15) is 102 Å². The molecule has 0 atom stereocenters. The minimum absolute atomic E-state index is 0.797. The van der Waals surface area contributed by atoms with Crippen LogP contribution in [0, 0.1) is 5.92 Å². The van der Waals surface area contributed by atoms with Gasteiger partial charge in [0.2, 0.25) is 0 Å². The van der Waals surface area contributed by atoms with Gasteiger partial charge in [-0.05, 0) is 65.8 Å². The maximum Gasteiger partial charge on any atom is -0.0162 e. The van der Waals surface area contributed by atoms with Crippen molar-refractivity contribution in [3.8, 4) is 0 Å². The van der Waals surface area contributed by atoms with Crippen molar-refractivity contribution in [3.63, 3.8) is 0 Å². The van der Waals surface area contributed by atoms with Crippen molar-refractivity contribution in [2.24, 2.45) is 5.92 Å². The SMILES string of the molecule is CCCCCCCC1CCC(c2ccc3cc(CCC)ccc3c2)CC1. The largest absolute Gasteiger partial charge is 0.0654 e.